The Morgan fingerprint density at radius 2 is 2.32 bits per heavy atom. The van der Waals surface area contributed by atoms with Crippen LogP contribution in [0.2, 0.25) is 0 Å². The van der Waals surface area contributed by atoms with Crippen molar-refractivity contribution in [1.29, 1.82) is 0 Å². The van der Waals surface area contributed by atoms with E-state index in [2.05, 4.69) is 6.58 Å². The van der Waals surface area contributed by atoms with Crippen molar-refractivity contribution in [3.63, 3.8) is 0 Å². The van der Waals surface area contributed by atoms with Gasteiger partial charge in [-0.1, -0.05) is 30.4 Å². The van der Waals surface area contributed by atoms with Gasteiger partial charge in [0.25, 0.3) is 0 Å². The predicted molar refractivity (Wildman–Crippen MR) is 71.4 cm³/mol. The van der Waals surface area contributed by atoms with Gasteiger partial charge in [0.1, 0.15) is 6.17 Å². The first-order valence-corrected chi connectivity index (χ1v) is 6.96. The molecule has 0 radical (unpaired) electrons. The van der Waals surface area contributed by atoms with Gasteiger partial charge in [-0.05, 0) is 36.7 Å². The number of carboxylic acids is 1. The van der Waals surface area contributed by atoms with Crippen molar-refractivity contribution in [2.24, 2.45) is 17.3 Å². The molecule has 1 N–H and O–H groups in total. The van der Waals surface area contributed by atoms with Gasteiger partial charge in [0.05, 0.1) is 6.42 Å². The third-order valence-corrected chi connectivity index (χ3v) is 5.18. The molecule has 2 saturated carbocycles. The average molecular weight is 262 g/mol. The molecule has 3 aliphatic carbocycles. The molecule has 3 unspecified atom stereocenters. The normalized spacial score (nSPS) is 40.6. The molecule has 0 spiro atoms. The van der Waals surface area contributed by atoms with E-state index < -0.39 is 12.1 Å². The van der Waals surface area contributed by atoms with Crippen LogP contribution in [-0.4, -0.2) is 17.2 Å². The summed E-state index contributed by atoms with van der Waals surface area (Å²) < 4.78 is 13.3. The van der Waals surface area contributed by atoms with E-state index in [9.17, 15) is 14.3 Å². The van der Waals surface area contributed by atoms with Gasteiger partial charge < -0.3 is 5.11 Å². The Morgan fingerprint density at radius 3 is 2.79 bits per heavy atom. The Hall–Kier alpha value is -1.38. The number of alkyl halides is 1. The minimum Gasteiger partial charge on any atom is -0.481 e. The minimum atomic E-state index is -0.923. The first-order valence-electron chi connectivity index (χ1n) is 6.96. The van der Waals surface area contributed by atoms with Crippen LogP contribution in [0, 0.1) is 17.3 Å². The number of rotatable bonds is 3. The fraction of sp³-hybridized carbons (Fsp3) is 0.562. The second-order valence-corrected chi connectivity index (χ2v) is 6.07. The van der Waals surface area contributed by atoms with Gasteiger partial charge in [-0.3, -0.25) is 4.79 Å². The summed E-state index contributed by atoms with van der Waals surface area (Å²) in [6.07, 6.45) is 7.93. The van der Waals surface area contributed by atoms with Crippen LogP contribution in [-0.2, 0) is 4.79 Å². The third-order valence-electron chi connectivity index (χ3n) is 5.18. The second-order valence-electron chi connectivity index (χ2n) is 6.07. The van der Waals surface area contributed by atoms with Crippen LogP contribution in [0.3, 0.4) is 0 Å². The molecule has 0 aliphatic heterocycles. The summed E-state index contributed by atoms with van der Waals surface area (Å²) in [5, 5.41) is 9.32. The molecule has 3 rings (SSSR count). The van der Waals surface area contributed by atoms with Crippen LogP contribution in [0.1, 0.15) is 32.1 Å². The molecule has 0 aromatic heterocycles. The van der Waals surface area contributed by atoms with Gasteiger partial charge in [0.2, 0.25) is 0 Å². The maximum atomic E-state index is 13.3. The van der Waals surface area contributed by atoms with Gasteiger partial charge in [-0.2, -0.15) is 0 Å². The molecule has 0 aromatic rings. The molecular weight excluding hydrogens is 243 g/mol. The van der Waals surface area contributed by atoms with Gasteiger partial charge in [-0.25, -0.2) is 4.39 Å². The Balaban J connectivity index is 2.02. The number of allylic oxidation sites excluding steroid dienone is 5. The maximum Gasteiger partial charge on any atom is 0.304 e. The van der Waals surface area contributed by atoms with Crippen LogP contribution in [0.4, 0.5) is 4.39 Å². The second kappa shape index (κ2) is 4.32. The van der Waals surface area contributed by atoms with Crippen molar-refractivity contribution < 1.29 is 14.3 Å². The molecular formula is C16H19FO2. The molecule has 3 aliphatic rings. The summed E-state index contributed by atoms with van der Waals surface area (Å²) in [4.78, 5) is 11.3. The fourth-order valence-electron chi connectivity index (χ4n) is 4.47. The predicted octanol–water partition coefficient (Wildman–Crippen LogP) is 3.66. The lowest BCUT2D eigenvalue weighted by Gasteiger charge is -2.36. The molecule has 102 valence electrons. The molecule has 0 aromatic carbocycles. The lowest BCUT2D eigenvalue weighted by atomic mass is 9.67. The SMILES string of the molecule is C=C1CC2CCC1[C@]2(CC(=O)O)C1=CCC(F)C=C1. The Labute approximate surface area is 112 Å². The maximum absolute atomic E-state index is 13.3. The number of hydrogen-bond donors (Lipinski definition) is 1. The number of carbonyl (C=O) groups is 1. The topological polar surface area (TPSA) is 37.3 Å². The molecule has 4 atom stereocenters. The van der Waals surface area contributed by atoms with Gasteiger partial charge >= 0.3 is 5.97 Å². The Morgan fingerprint density at radius 1 is 1.53 bits per heavy atom. The van der Waals surface area contributed by atoms with E-state index in [0.717, 1.165) is 24.8 Å². The zero-order valence-corrected chi connectivity index (χ0v) is 10.9. The molecule has 3 heteroatoms. The van der Waals surface area contributed by atoms with Crippen molar-refractivity contribution >= 4 is 5.97 Å². The smallest absolute Gasteiger partial charge is 0.304 e. The molecule has 0 heterocycles. The summed E-state index contributed by atoms with van der Waals surface area (Å²) in [7, 11) is 0. The lowest BCUT2D eigenvalue weighted by Crippen LogP contribution is -2.32. The highest BCUT2D eigenvalue weighted by Gasteiger charge is 2.58. The van der Waals surface area contributed by atoms with Crippen LogP contribution >= 0.6 is 0 Å². The largest absolute Gasteiger partial charge is 0.481 e. The quantitative estimate of drug-likeness (QED) is 0.788. The summed E-state index contributed by atoms with van der Waals surface area (Å²) in [6, 6.07) is 0. The highest BCUT2D eigenvalue weighted by molar-refractivity contribution is 5.70. The van der Waals surface area contributed by atoms with E-state index >= 15 is 0 Å². The highest BCUT2D eigenvalue weighted by Crippen LogP contribution is 2.65. The number of carboxylic acid groups (broad SMARTS) is 1. The van der Waals surface area contributed by atoms with Crippen LogP contribution < -0.4 is 0 Å². The van der Waals surface area contributed by atoms with Crippen molar-refractivity contribution in [3.05, 3.63) is 36.0 Å². The summed E-state index contributed by atoms with van der Waals surface area (Å²) >= 11 is 0. The van der Waals surface area contributed by atoms with Crippen LogP contribution in [0.5, 0.6) is 0 Å². The molecule has 0 saturated heterocycles. The third kappa shape index (κ3) is 1.78. The van der Waals surface area contributed by atoms with E-state index in [1.165, 1.54) is 5.57 Å². The molecule has 2 bridgehead atoms. The summed E-state index contributed by atoms with van der Waals surface area (Å²) in [6.45, 7) is 4.13. The Kier molecular flexibility index (Phi) is 2.88. The van der Waals surface area contributed by atoms with E-state index in [1.54, 1.807) is 6.08 Å². The average Bonchev–Trinajstić information content (AvgIpc) is 2.81. The Bertz CT molecular complexity index is 491. The molecule has 0 amide bonds. The fourth-order valence-corrected chi connectivity index (χ4v) is 4.47. The molecule has 2 nitrogen and oxygen atoms in total. The van der Waals surface area contributed by atoms with Gasteiger partial charge in [-0.15, -0.1) is 0 Å². The lowest BCUT2D eigenvalue weighted by molar-refractivity contribution is -0.139. The summed E-state index contributed by atoms with van der Waals surface area (Å²) in [5.41, 5.74) is 1.91. The molecule has 2 fully saturated rings. The molecule has 19 heavy (non-hydrogen) atoms. The standard InChI is InChI=1S/C16H19FO2/c1-10-8-12-4-7-14(10)16(12,9-15(18)19)11-2-5-13(17)6-3-11/h2-3,5,12-14H,1,4,6-9H2,(H,18,19)/t12?,13?,14?,16-/m1/s1. The monoisotopic (exact) mass is 262 g/mol. The highest BCUT2D eigenvalue weighted by atomic mass is 19.1. The van der Waals surface area contributed by atoms with Crippen molar-refractivity contribution in [3.8, 4) is 0 Å². The van der Waals surface area contributed by atoms with Crippen LogP contribution in [0.15, 0.2) is 36.0 Å². The first kappa shape index (κ1) is 12.6. The first-order chi connectivity index (χ1) is 9.04. The zero-order valence-electron chi connectivity index (χ0n) is 10.9. The number of halogens is 1. The van der Waals surface area contributed by atoms with E-state index in [-0.39, 0.29) is 17.8 Å². The van der Waals surface area contributed by atoms with Crippen molar-refractivity contribution in [2.45, 2.75) is 38.3 Å². The van der Waals surface area contributed by atoms with Crippen LogP contribution in [0.25, 0.3) is 0 Å². The van der Waals surface area contributed by atoms with Crippen molar-refractivity contribution in [2.75, 3.05) is 0 Å². The van der Waals surface area contributed by atoms with E-state index in [4.69, 9.17) is 0 Å². The van der Waals surface area contributed by atoms with E-state index in [0.29, 0.717) is 12.3 Å². The van der Waals surface area contributed by atoms with Crippen molar-refractivity contribution in [1.82, 2.24) is 0 Å². The number of aliphatic carboxylic acids is 1. The van der Waals surface area contributed by atoms with E-state index in [1.807, 2.05) is 12.2 Å². The van der Waals surface area contributed by atoms with Gasteiger partial charge in [0.15, 0.2) is 0 Å². The zero-order chi connectivity index (χ0) is 13.6. The minimum absolute atomic E-state index is 0.147. The number of hydrogen-bond acceptors (Lipinski definition) is 1. The number of fused-ring (bicyclic) bond motifs is 2. The summed E-state index contributed by atoms with van der Waals surface area (Å²) in [5.74, 6) is -0.128. The van der Waals surface area contributed by atoms with Gasteiger partial charge in [0, 0.05) is 11.8 Å².